The Bertz CT molecular complexity index is 537. The Morgan fingerprint density at radius 1 is 1.25 bits per heavy atom. The molecule has 4 heteroatoms. The maximum atomic E-state index is 11.5. The van der Waals surface area contributed by atoms with Crippen molar-refractivity contribution in [3.05, 3.63) is 36.0 Å². The van der Waals surface area contributed by atoms with E-state index in [0.29, 0.717) is 16.8 Å². The van der Waals surface area contributed by atoms with Gasteiger partial charge in [-0.3, -0.25) is 4.98 Å². The first kappa shape index (κ1) is 10.4. The van der Waals surface area contributed by atoms with Crippen molar-refractivity contribution >= 4 is 16.9 Å². The number of nitrogens with zero attached hydrogens (tertiary/aromatic N) is 1. The number of fused-ring (bicyclic) bond motifs is 1. The molecule has 0 bridgehead atoms. The van der Waals surface area contributed by atoms with Crippen molar-refractivity contribution in [2.24, 2.45) is 0 Å². The van der Waals surface area contributed by atoms with Crippen LogP contribution in [0, 0.1) is 0 Å². The third kappa shape index (κ3) is 1.69. The summed E-state index contributed by atoms with van der Waals surface area (Å²) in [6.45, 7) is 0. The molecule has 1 aromatic heterocycles. The van der Waals surface area contributed by atoms with Crippen LogP contribution in [0.1, 0.15) is 10.4 Å². The number of benzene rings is 1. The lowest BCUT2D eigenvalue weighted by atomic mass is 10.1. The number of aromatic nitrogens is 1. The first-order valence-corrected chi connectivity index (χ1v) is 4.77. The molecule has 4 nitrogen and oxygen atoms in total. The number of carbonyl (C=O) groups is 1. The van der Waals surface area contributed by atoms with Gasteiger partial charge in [0.2, 0.25) is 0 Å². The Balaban J connectivity index is 2.65. The number of carbonyl (C=O) groups excluding carboxylic acids is 1. The summed E-state index contributed by atoms with van der Waals surface area (Å²) in [6, 6.07) is 7.01. The Hall–Kier alpha value is -2.10. The fourth-order valence-electron chi connectivity index (χ4n) is 1.54. The molecule has 0 saturated heterocycles. The molecule has 0 fully saturated rings. The average molecular weight is 217 g/mol. The molecule has 82 valence electrons. The molecule has 0 N–H and O–H groups in total. The molecule has 0 unspecified atom stereocenters. The van der Waals surface area contributed by atoms with Crippen molar-refractivity contribution in [1.29, 1.82) is 0 Å². The Morgan fingerprint density at radius 3 is 2.75 bits per heavy atom. The number of ether oxygens (including phenoxy) is 2. The SMILES string of the molecule is COC(=O)c1ccnc2cc(OC)ccc12. The summed E-state index contributed by atoms with van der Waals surface area (Å²) in [7, 11) is 2.95. The first-order chi connectivity index (χ1) is 7.76. The number of hydrogen-bond donors (Lipinski definition) is 0. The van der Waals surface area contributed by atoms with Crippen LogP contribution < -0.4 is 4.74 Å². The zero-order valence-corrected chi connectivity index (χ0v) is 9.06. The predicted molar refractivity (Wildman–Crippen MR) is 59.6 cm³/mol. The van der Waals surface area contributed by atoms with Gasteiger partial charge < -0.3 is 9.47 Å². The third-order valence-electron chi connectivity index (χ3n) is 2.36. The van der Waals surface area contributed by atoms with E-state index in [1.807, 2.05) is 0 Å². The molecule has 16 heavy (non-hydrogen) atoms. The van der Waals surface area contributed by atoms with Crippen molar-refractivity contribution in [3.63, 3.8) is 0 Å². The lowest BCUT2D eigenvalue weighted by Gasteiger charge is -2.05. The second-order valence-corrected chi connectivity index (χ2v) is 3.23. The summed E-state index contributed by atoms with van der Waals surface area (Å²) < 4.78 is 9.80. The molecule has 0 aliphatic rings. The highest BCUT2D eigenvalue weighted by Crippen LogP contribution is 2.22. The van der Waals surface area contributed by atoms with Crippen LogP contribution in [0.15, 0.2) is 30.5 Å². The molecule has 0 radical (unpaired) electrons. The van der Waals surface area contributed by atoms with E-state index in [1.54, 1.807) is 37.6 Å². The molecule has 0 aliphatic carbocycles. The minimum Gasteiger partial charge on any atom is -0.497 e. The Labute approximate surface area is 92.8 Å². The normalized spacial score (nSPS) is 10.1. The second kappa shape index (κ2) is 4.18. The number of rotatable bonds is 2. The molecular formula is C12H11NO3. The van der Waals surface area contributed by atoms with E-state index in [1.165, 1.54) is 7.11 Å². The maximum absolute atomic E-state index is 11.5. The van der Waals surface area contributed by atoms with Gasteiger partial charge in [0.15, 0.2) is 0 Å². The van der Waals surface area contributed by atoms with Gasteiger partial charge in [0.25, 0.3) is 0 Å². The van der Waals surface area contributed by atoms with Crippen LogP contribution >= 0.6 is 0 Å². The van der Waals surface area contributed by atoms with Crippen LogP contribution in [0.3, 0.4) is 0 Å². The minimum absolute atomic E-state index is 0.363. The van der Waals surface area contributed by atoms with Crippen LogP contribution in [-0.2, 0) is 4.74 Å². The number of pyridine rings is 1. The summed E-state index contributed by atoms with van der Waals surface area (Å²) >= 11 is 0. The van der Waals surface area contributed by atoms with E-state index in [4.69, 9.17) is 9.47 Å². The maximum Gasteiger partial charge on any atom is 0.338 e. The molecule has 0 saturated carbocycles. The monoisotopic (exact) mass is 217 g/mol. The average Bonchev–Trinajstić information content (AvgIpc) is 2.36. The second-order valence-electron chi connectivity index (χ2n) is 3.23. The molecule has 2 aromatic rings. The van der Waals surface area contributed by atoms with E-state index in [-0.39, 0.29) is 5.97 Å². The minimum atomic E-state index is -0.363. The van der Waals surface area contributed by atoms with Gasteiger partial charge in [0.1, 0.15) is 5.75 Å². The van der Waals surface area contributed by atoms with Gasteiger partial charge in [-0.05, 0) is 18.2 Å². The van der Waals surface area contributed by atoms with E-state index in [9.17, 15) is 4.79 Å². The van der Waals surface area contributed by atoms with Gasteiger partial charge in [-0.2, -0.15) is 0 Å². The van der Waals surface area contributed by atoms with Gasteiger partial charge in [0, 0.05) is 17.6 Å². The third-order valence-corrected chi connectivity index (χ3v) is 2.36. The highest BCUT2D eigenvalue weighted by molar-refractivity contribution is 6.03. The number of methoxy groups -OCH3 is 2. The molecular weight excluding hydrogens is 206 g/mol. The lowest BCUT2D eigenvalue weighted by Crippen LogP contribution is -2.02. The van der Waals surface area contributed by atoms with Gasteiger partial charge in [-0.1, -0.05) is 0 Å². The summed E-state index contributed by atoms with van der Waals surface area (Å²) in [5, 5.41) is 0.759. The summed E-state index contributed by atoms with van der Waals surface area (Å²) in [5.74, 6) is 0.347. The molecule has 1 heterocycles. The van der Waals surface area contributed by atoms with Crippen LogP contribution in [0.5, 0.6) is 5.75 Å². The summed E-state index contributed by atoms with van der Waals surface area (Å²) in [5.41, 5.74) is 1.22. The zero-order valence-electron chi connectivity index (χ0n) is 9.06. The molecule has 1 aromatic carbocycles. The first-order valence-electron chi connectivity index (χ1n) is 4.77. The lowest BCUT2D eigenvalue weighted by molar-refractivity contribution is 0.0603. The topological polar surface area (TPSA) is 48.4 Å². The van der Waals surface area contributed by atoms with Gasteiger partial charge >= 0.3 is 5.97 Å². The van der Waals surface area contributed by atoms with Gasteiger partial charge in [0.05, 0.1) is 25.3 Å². The van der Waals surface area contributed by atoms with Crippen molar-refractivity contribution in [2.75, 3.05) is 14.2 Å². The smallest absolute Gasteiger partial charge is 0.338 e. The van der Waals surface area contributed by atoms with Crippen molar-refractivity contribution in [2.45, 2.75) is 0 Å². The van der Waals surface area contributed by atoms with Crippen molar-refractivity contribution in [3.8, 4) is 5.75 Å². The van der Waals surface area contributed by atoms with Crippen molar-refractivity contribution in [1.82, 2.24) is 4.98 Å². The van der Waals surface area contributed by atoms with E-state index in [2.05, 4.69) is 4.98 Å². The zero-order chi connectivity index (χ0) is 11.5. The molecule has 0 amide bonds. The van der Waals surface area contributed by atoms with Crippen LogP contribution in [-0.4, -0.2) is 25.2 Å². The molecule has 0 atom stereocenters. The number of esters is 1. The van der Waals surface area contributed by atoms with Crippen molar-refractivity contribution < 1.29 is 14.3 Å². The Kier molecular flexibility index (Phi) is 2.72. The highest BCUT2D eigenvalue weighted by atomic mass is 16.5. The summed E-state index contributed by atoms with van der Waals surface area (Å²) in [4.78, 5) is 15.7. The highest BCUT2D eigenvalue weighted by Gasteiger charge is 2.10. The Morgan fingerprint density at radius 2 is 2.06 bits per heavy atom. The largest absolute Gasteiger partial charge is 0.497 e. The van der Waals surface area contributed by atoms with E-state index in [0.717, 1.165) is 5.39 Å². The predicted octanol–water partition coefficient (Wildman–Crippen LogP) is 2.03. The van der Waals surface area contributed by atoms with E-state index < -0.39 is 0 Å². The van der Waals surface area contributed by atoms with Gasteiger partial charge in [-0.15, -0.1) is 0 Å². The van der Waals surface area contributed by atoms with Crippen LogP contribution in [0.25, 0.3) is 10.9 Å². The van der Waals surface area contributed by atoms with E-state index >= 15 is 0 Å². The molecule has 0 spiro atoms. The summed E-state index contributed by atoms with van der Waals surface area (Å²) in [6.07, 6.45) is 1.58. The van der Waals surface area contributed by atoms with Crippen LogP contribution in [0.4, 0.5) is 0 Å². The molecule has 0 aliphatic heterocycles. The van der Waals surface area contributed by atoms with Crippen LogP contribution in [0.2, 0.25) is 0 Å². The standard InChI is InChI=1S/C12H11NO3/c1-15-8-3-4-9-10(12(14)16-2)5-6-13-11(9)7-8/h3-7H,1-2H3. The van der Waals surface area contributed by atoms with Gasteiger partial charge in [-0.25, -0.2) is 4.79 Å². The fourth-order valence-corrected chi connectivity index (χ4v) is 1.54. The molecule has 2 rings (SSSR count). The fraction of sp³-hybridized carbons (Fsp3) is 0.167. The quantitative estimate of drug-likeness (QED) is 0.722. The number of hydrogen-bond acceptors (Lipinski definition) is 4.